The van der Waals surface area contributed by atoms with Crippen LogP contribution in [0.1, 0.15) is 45.4 Å². The first kappa shape index (κ1) is 15.6. The Morgan fingerprint density at radius 2 is 1.43 bits per heavy atom. The van der Waals surface area contributed by atoms with Crippen molar-refractivity contribution in [1.82, 2.24) is 0 Å². The second kappa shape index (κ2) is 9.23. The highest BCUT2D eigenvalue weighted by Crippen LogP contribution is 2.23. The summed E-state index contributed by atoms with van der Waals surface area (Å²) >= 11 is 0. The summed E-state index contributed by atoms with van der Waals surface area (Å²) in [7, 11) is 0. The molecule has 0 heterocycles. The van der Waals surface area contributed by atoms with Crippen LogP contribution in [-0.2, 0) is 0 Å². The molecule has 0 spiro atoms. The van der Waals surface area contributed by atoms with Gasteiger partial charge in [-0.1, -0.05) is 81.5 Å². The Morgan fingerprint density at radius 3 is 2.24 bits per heavy atom. The average molecular weight is 282 g/mol. The number of hydrogen-bond acceptors (Lipinski definition) is 1. The number of rotatable bonds is 9. The molecule has 0 bridgehead atoms. The minimum atomic E-state index is 0.824. The normalized spacial score (nSPS) is 10.5. The summed E-state index contributed by atoms with van der Waals surface area (Å²) in [6.45, 7) is 3.08. The molecule has 0 saturated heterocycles. The van der Waals surface area contributed by atoms with Crippen molar-refractivity contribution in [1.29, 1.82) is 0 Å². The molecular formula is C20H26O. The van der Waals surface area contributed by atoms with Gasteiger partial charge >= 0.3 is 0 Å². The van der Waals surface area contributed by atoms with Gasteiger partial charge in [-0.2, -0.15) is 0 Å². The molecule has 0 aliphatic heterocycles. The van der Waals surface area contributed by atoms with E-state index in [2.05, 4.69) is 49.4 Å². The molecule has 112 valence electrons. The van der Waals surface area contributed by atoms with E-state index in [1.54, 1.807) is 0 Å². The highest BCUT2D eigenvalue weighted by atomic mass is 16.5. The topological polar surface area (TPSA) is 9.23 Å². The average Bonchev–Trinajstić information content (AvgIpc) is 2.55. The lowest BCUT2D eigenvalue weighted by molar-refractivity contribution is 0.304. The minimum absolute atomic E-state index is 0.824. The number of unbranched alkanes of at least 4 members (excludes halogenated alkanes) is 5. The molecule has 2 rings (SSSR count). The molecular weight excluding hydrogens is 256 g/mol. The van der Waals surface area contributed by atoms with Crippen LogP contribution in [0.15, 0.2) is 54.6 Å². The summed E-state index contributed by atoms with van der Waals surface area (Å²) in [4.78, 5) is 0. The third-order valence-corrected chi connectivity index (χ3v) is 3.71. The number of benzene rings is 2. The van der Waals surface area contributed by atoms with Gasteiger partial charge < -0.3 is 4.74 Å². The molecule has 0 radical (unpaired) electrons. The van der Waals surface area contributed by atoms with E-state index in [0.29, 0.717) is 0 Å². The summed E-state index contributed by atoms with van der Waals surface area (Å²) in [5, 5.41) is 0. The van der Waals surface area contributed by atoms with Gasteiger partial charge in [0.1, 0.15) is 5.75 Å². The van der Waals surface area contributed by atoms with Gasteiger partial charge in [0.15, 0.2) is 0 Å². The molecule has 2 aromatic carbocycles. The molecule has 0 fully saturated rings. The molecule has 0 atom stereocenters. The van der Waals surface area contributed by atoms with Crippen LogP contribution in [0.25, 0.3) is 11.1 Å². The standard InChI is InChI=1S/C20H26O/c1-2-3-4-5-6-10-16-21-20-15-11-14-19(17-20)18-12-8-7-9-13-18/h7-9,11-15,17H,2-6,10,16H2,1H3. The summed E-state index contributed by atoms with van der Waals surface area (Å²) in [5.74, 6) is 0.977. The molecule has 21 heavy (non-hydrogen) atoms. The van der Waals surface area contributed by atoms with Gasteiger partial charge in [-0.15, -0.1) is 0 Å². The Balaban J connectivity index is 1.77. The smallest absolute Gasteiger partial charge is 0.119 e. The molecule has 0 N–H and O–H groups in total. The first-order valence-electron chi connectivity index (χ1n) is 8.18. The van der Waals surface area contributed by atoms with Gasteiger partial charge in [0.05, 0.1) is 6.61 Å². The van der Waals surface area contributed by atoms with Gasteiger partial charge in [0.2, 0.25) is 0 Å². The lowest BCUT2D eigenvalue weighted by atomic mass is 10.1. The van der Waals surface area contributed by atoms with Crippen LogP contribution in [0, 0.1) is 0 Å². The van der Waals surface area contributed by atoms with Crippen LogP contribution in [0.3, 0.4) is 0 Å². The lowest BCUT2D eigenvalue weighted by Gasteiger charge is -2.08. The van der Waals surface area contributed by atoms with E-state index in [1.807, 2.05) is 12.1 Å². The van der Waals surface area contributed by atoms with Crippen LogP contribution < -0.4 is 4.74 Å². The molecule has 1 heteroatoms. The molecule has 0 aliphatic carbocycles. The van der Waals surface area contributed by atoms with E-state index in [9.17, 15) is 0 Å². The fourth-order valence-corrected chi connectivity index (χ4v) is 2.47. The van der Waals surface area contributed by atoms with Crippen LogP contribution >= 0.6 is 0 Å². The highest BCUT2D eigenvalue weighted by molar-refractivity contribution is 5.64. The minimum Gasteiger partial charge on any atom is -0.494 e. The zero-order valence-electron chi connectivity index (χ0n) is 13.1. The number of hydrogen-bond donors (Lipinski definition) is 0. The third kappa shape index (κ3) is 5.63. The van der Waals surface area contributed by atoms with Crippen molar-refractivity contribution < 1.29 is 4.74 Å². The maximum Gasteiger partial charge on any atom is 0.119 e. The van der Waals surface area contributed by atoms with Gasteiger partial charge in [-0.3, -0.25) is 0 Å². The predicted molar refractivity (Wildman–Crippen MR) is 90.7 cm³/mol. The maximum absolute atomic E-state index is 5.87. The SMILES string of the molecule is CCCCCCCCOc1cccc(-c2ccccc2)c1. The Bertz CT molecular complexity index is 504. The Morgan fingerprint density at radius 1 is 0.714 bits per heavy atom. The fourth-order valence-electron chi connectivity index (χ4n) is 2.47. The monoisotopic (exact) mass is 282 g/mol. The van der Waals surface area contributed by atoms with Crippen LogP contribution in [-0.4, -0.2) is 6.61 Å². The molecule has 0 aromatic heterocycles. The highest BCUT2D eigenvalue weighted by Gasteiger charge is 1.99. The van der Waals surface area contributed by atoms with E-state index in [1.165, 1.54) is 43.2 Å². The molecule has 0 amide bonds. The van der Waals surface area contributed by atoms with Crippen LogP contribution in [0.2, 0.25) is 0 Å². The summed E-state index contributed by atoms with van der Waals surface area (Å²) in [5.41, 5.74) is 2.46. The van der Waals surface area contributed by atoms with Crippen molar-refractivity contribution in [3.05, 3.63) is 54.6 Å². The zero-order valence-corrected chi connectivity index (χ0v) is 13.1. The first-order chi connectivity index (χ1) is 10.4. The van der Waals surface area contributed by atoms with Crippen molar-refractivity contribution in [2.75, 3.05) is 6.61 Å². The van der Waals surface area contributed by atoms with E-state index >= 15 is 0 Å². The zero-order chi connectivity index (χ0) is 14.8. The van der Waals surface area contributed by atoms with E-state index < -0.39 is 0 Å². The Hall–Kier alpha value is -1.76. The summed E-state index contributed by atoms with van der Waals surface area (Å²) in [6, 6.07) is 18.8. The third-order valence-electron chi connectivity index (χ3n) is 3.71. The molecule has 0 aliphatic rings. The summed E-state index contributed by atoms with van der Waals surface area (Å²) < 4.78 is 5.87. The van der Waals surface area contributed by atoms with E-state index in [4.69, 9.17) is 4.74 Å². The second-order valence-corrected chi connectivity index (χ2v) is 5.51. The van der Waals surface area contributed by atoms with E-state index in [-0.39, 0.29) is 0 Å². The second-order valence-electron chi connectivity index (χ2n) is 5.51. The van der Waals surface area contributed by atoms with Crippen molar-refractivity contribution in [3.8, 4) is 16.9 Å². The lowest BCUT2D eigenvalue weighted by Crippen LogP contribution is -1.97. The number of ether oxygens (including phenoxy) is 1. The van der Waals surface area contributed by atoms with E-state index in [0.717, 1.165) is 18.8 Å². The van der Waals surface area contributed by atoms with Crippen molar-refractivity contribution in [2.24, 2.45) is 0 Å². The largest absolute Gasteiger partial charge is 0.494 e. The first-order valence-corrected chi connectivity index (χ1v) is 8.18. The van der Waals surface area contributed by atoms with Crippen molar-refractivity contribution >= 4 is 0 Å². The van der Waals surface area contributed by atoms with Crippen molar-refractivity contribution in [2.45, 2.75) is 45.4 Å². The van der Waals surface area contributed by atoms with Crippen LogP contribution in [0.5, 0.6) is 5.75 Å². The summed E-state index contributed by atoms with van der Waals surface area (Å²) in [6.07, 6.45) is 7.79. The van der Waals surface area contributed by atoms with Crippen LogP contribution in [0.4, 0.5) is 0 Å². The quantitative estimate of drug-likeness (QED) is 0.505. The Labute approximate surface area is 129 Å². The predicted octanol–water partition coefficient (Wildman–Crippen LogP) is 6.09. The maximum atomic E-state index is 5.87. The Kier molecular flexibility index (Phi) is 6.87. The van der Waals surface area contributed by atoms with Gasteiger partial charge in [0.25, 0.3) is 0 Å². The van der Waals surface area contributed by atoms with Gasteiger partial charge in [0, 0.05) is 0 Å². The molecule has 1 nitrogen and oxygen atoms in total. The fraction of sp³-hybridized carbons (Fsp3) is 0.400. The molecule has 0 unspecified atom stereocenters. The van der Waals surface area contributed by atoms with Gasteiger partial charge in [-0.05, 0) is 29.7 Å². The van der Waals surface area contributed by atoms with Gasteiger partial charge in [-0.25, -0.2) is 0 Å². The molecule has 0 saturated carbocycles. The molecule has 2 aromatic rings. The van der Waals surface area contributed by atoms with Crippen molar-refractivity contribution in [3.63, 3.8) is 0 Å².